The molecule has 6 nitrogen and oxygen atoms in total. The van der Waals surface area contributed by atoms with Crippen molar-refractivity contribution in [1.29, 1.82) is 0 Å². The molecule has 0 aromatic carbocycles. The molecule has 0 saturated carbocycles. The lowest BCUT2D eigenvalue weighted by atomic mass is 10.1. The zero-order valence-electron chi connectivity index (χ0n) is 9.73. The van der Waals surface area contributed by atoms with Gasteiger partial charge < -0.3 is 15.5 Å². The summed E-state index contributed by atoms with van der Waals surface area (Å²) in [5, 5.41) is 20.8. The fourth-order valence-corrected chi connectivity index (χ4v) is 1.33. The molecule has 0 radical (unpaired) electrons. The molecule has 0 unspecified atom stereocenters. The Labute approximate surface area is 98.3 Å². The normalized spacial score (nSPS) is 12.5. The number of hydrogen-bond acceptors (Lipinski definition) is 4. The van der Waals surface area contributed by atoms with Crippen molar-refractivity contribution >= 4 is 5.91 Å². The van der Waals surface area contributed by atoms with Gasteiger partial charge in [-0.05, 0) is 5.92 Å². The molecule has 94 valence electrons. The SMILES string of the molecule is CC(C)[C@@H](CO)NC(=O)c1cc(O)[nH]c(=O)c1. The number of carbonyl (C=O) groups is 1. The summed E-state index contributed by atoms with van der Waals surface area (Å²) in [6.07, 6.45) is 0. The van der Waals surface area contributed by atoms with Gasteiger partial charge in [-0.3, -0.25) is 14.6 Å². The van der Waals surface area contributed by atoms with Gasteiger partial charge in [0, 0.05) is 12.1 Å². The first-order valence-electron chi connectivity index (χ1n) is 5.29. The number of carbonyl (C=O) groups excluding carboxylic acids is 1. The Hall–Kier alpha value is -1.82. The molecular formula is C11H16N2O4. The molecule has 1 aromatic heterocycles. The van der Waals surface area contributed by atoms with Crippen LogP contribution in [0.15, 0.2) is 16.9 Å². The average molecular weight is 240 g/mol. The van der Waals surface area contributed by atoms with E-state index in [9.17, 15) is 9.59 Å². The number of aromatic hydroxyl groups is 1. The summed E-state index contributed by atoms with van der Waals surface area (Å²) in [5.74, 6) is -0.800. The van der Waals surface area contributed by atoms with E-state index in [4.69, 9.17) is 10.2 Å². The summed E-state index contributed by atoms with van der Waals surface area (Å²) >= 11 is 0. The second-order valence-electron chi connectivity index (χ2n) is 4.13. The topological polar surface area (TPSA) is 102 Å². The molecule has 1 heterocycles. The largest absolute Gasteiger partial charge is 0.494 e. The van der Waals surface area contributed by atoms with Crippen LogP contribution >= 0.6 is 0 Å². The Morgan fingerprint density at radius 2 is 2.12 bits per heavy atom. The summed E-state index contributed by atoms with van der Waals surface area (Å²) in [7, 11) is 0. The van der Waals surface area contributed by atoms with Crippen molar-refractivity contribution in [2.24, 2.45) is 5.92 Å². The highest BCUT2D eigenvalue weighted by atomic mass is 16.3. The van der Waals surface area contributed by atoms with Gasteiger partial charge in [0.15, 0.2) is 5.88 Å². The number of aliphatic hydroxyl groups is 1. The van der Waals surface area contributed by atoms with Crippen LogP contribution in [0.1, 0.15) is 24.2 Å². The number of pyridine rings is 1. The Bertz CT molecular complexity index is 453. The minimum absolute atomic E-state index is 0.0605. The van der Waals surface area contributed by atoms with Crippen LogP contribution in [0.5, 0.6) is 5.88 Å². The second-order valence-corrected chi connectivity index (χ2v) is 4.13. The van der Waals surface area contributed by atoms with Crippen LogP contribution in [0.3, 0.4) is 0 Å². The Balaban J connectivity index is 2.86. The zero-order chi connectivity index (χ0) is 13.0. The summed E-state index contributed by atoms with van der Waals surface area (Å²) in [6.45, 7) is 3.53. The summed E-state index contributed by atoms with van der Waals surface area (Å²) < 4.78 is 0. The van der Waals surface area contributed by atoms with Gasteiger partial charge in [-0.25, -0.2) is 0 Å². The van der Waals surface area contributed by atoms with Crippen LogP contribution in [0.4, 0.5) is 0 Å². The molecule has 17 heavy (non-hydrogen) atoms. The van der Waals surface area contributed by atoms with Crippen molar-refractivity contribution in [3.05, 3.63) is 28.0 Å². The van der Waals surface area contributed by atoms with Crippen molar-refractivity contribution in [2.75, 3.05) is 6.61 Å². The van der Waals surface area contributed by atoms with E-state index in [-0.39, 0.29) is 30.0 Å². The minimum Gasteiger partial charge on any atom is -0.494 e. The van der Waals surface area contributed by atoms with E-state index in [1.807, 2.05) is 13.8 Å². The minimum atomic E-state index is -0.555. The molecule has 1 amide bonds. The van der Waals surface area contributed by atoms with Gasteiger partial charge in [-0.1, -0.05) is 13.8 Å². The first-order chi connectivity index (χ1) is 7.93. The van der Waals surface area contributed by atoms with Crippen LogP contribution in [-0.4, -0.2) is 33.8 Å². The van der Waals surface area contributed by atoms with E-state index in [0.717, 1.165) is 12.1 Å². The van der Waals surface area contributed by atoms with Crippen molar-refractivity contribution in [2.45, 2.75) is 19.9 Å². The third kappa shape index (κ3) is 3.60. The molecule has 6 heteroatoms. The zero-order valence-corrected chi connectivity index (χ0v) is 9.73. The maximum absolute atomic E-state index is 11.7. The van der Waals surface area contributed by atoms with Gasteiger partial charge in [-0.15, -0.1) is 0 Å². The Morgan fingerprint density at radius 3 is 2.59 bits per heavy atom. The van der Waals surface area contributed by atoms with Gasteiger partial charge in [0.05, 0.1) is 18.2 Å². The molecule has 0 bridgehead atoms. The Morgan fingerprint density at radius 1 is 1.47 bits per heavy atom. The quantitative estimate of drug-likeness (QED) is 0.586. The van der Waals surface area contributed by atoms with E-state index >= 15 is 0 Å². The predicted octanol–water partition coefficient (Wildman–Crippen LogP) is -0.173. The molecule has 0 saturated heterocycles. The molecule has 0 aliphatic carbocycles. The van der Waals surface area contributed by atoms with Gasteiger partial charge in [0.1, 0.15) is 0 Å². The lowest BCUT2D eigenvalue weighted by Crippen LogP contribution is -2.41. The van der Waals surface area contributed by atoms with Crippen LogP contribution < -0.4 is 10.9 Å². The maximum Gasteiger partial charge on any atom is 0.251 e. The maximum atomic E-state index is 11.7. The van der Waals surface area contributed by atoms with Gasteiger partial charge in [0.2, 0.25) is 0 Å². The number of amides is 1. The molecule has 1 aromatic rings. The lowest BCUT2D eigenvalue weighted by molar-refractivity contribution is 0.0896. The smallest absolute Gasteiger partial charge is 0.251 e. The fraction of sp³-hybridized carbons (Fsp3) is 0.455. The predicted molar refractivity (Wildman–Crippen MR) is 61.9 cm³/mol. The van der Waals surface area contributed by atoms with Crippen molar-refractivity contribution in [1.82, 2.24) is 10.3 Å². The third-order valence-corrected chi connectivity index (χ3v) is 2.41. The number of hydrogen-bond donors (Lipinski definition) is 4. The van der Waals surface area contributed by atoms with Crippen LogP contribution in [0.2, 0.25) is 0 Å². The summed E-state index contributed by atoms with van der Waals surface area (Å²) in [6, 6.07) is 1.86. The van der Waals surface area contributed by atoms with E-state index in [2.05, 4.69) is 10.3 Å². The highest BCUT2D eigenvalue weighted by molar-refractivity contribution is 5.94. The highest BCUT2D eigenvalue weighted by Crippen LogP contribution is 2.06. The number of nitrogens with one attached hydrogen (secondary N) is 2. The standard InChI is InChI=1S/C11H16N2O4/c1-6(2)8(5-14)12-11(17)7-3-9(15)13-10(16)4-7/h3-4,6,8,14H,5H2,1-2H3,(H,12,17)(H2,13,15,16)/t8-/m1/s1. The average Bonchev–Trinajstić information content (AvgIpc) is 2.23. The number of aliphatic hydroxyl groups excluding tert-OH is 1. The highest BCUT2D eigenvalue weighted by Gasteiger charge is 2.16. The van der Waals surface area contributed by atoms with Crippen molar-refractivity contribution in [3.63, 3.8) is 0 Å². The summed E-state index contributed by atoms with van der Waals surface area (Å²) in [4.78, 5) is 24.9. The van der Waals surface area contributed by atoms with Crippen molar-refractivity contribution < 1.29 is 15.0 Å². The van der Waals surface area contributed by atoms with Crippen molar-refractivity contribution in [3.8, 4) is 5.88 Å². The molecule has 4 N–H and O–H groups in total. The van der Waals surface area contributed by atoms with Crippen LogP contribution in [0.25, 0.3) is 0 Å². The third-order valence-electron chi connectivity index (χ3n) is 2.41. The van der Waals surface area contributed by atoms with E-state index < -0.39 is 11.5 Å². The van der Waals surface area contributed by atoms with Gasteiger partial charge in [0.25, 0.3) is 11.5 Å². The molecular weight excluding hydrogens is 224 g/mol. The number of aromatic amines is 1. The lowest BCUT2D eigenvalue weighted by Gasteiger charge is -2.19. The van der Waals surface area contributed by atoms with E-state index in [1.54, 1.807) is 0 Å². The molecule has 1 rings (SSSR count). The molecule has 1 atom stereocenters. The number of aromatic nitrogens is 1. The monoisotopic (exact) mass is 240 g/mol. The second kappa shape index (κ2) is 5.49. The van der Waals surface area contributed by atoms with Crippen LogP contribution in [-0.2, 0) is 0 Å². The number of H-pyrrole nitrogens is 1. The molecule has 0 fully saturated rings. The summed E-state index contributed by atoms with van der Waals surface area (Å²) in [5.41, 5.74) is -0.495. The Kier molecular flexibility index (Phi) is 4.28. The van der Waals surface area contributed by atoms with Gasteiger partial charge >= 0.3 is 0 Å². The van der Waals surface area contributed by atoms with E-state index in [0.29, 0.717) is 0 Å². The van der Waals surface area contributed by atoms with Gasteiger partial charge in [-0.2, -0.15) is 0 Å². The molecule has 0 spiro atoms. The molecule has 0 aliphatic heterocycles. The number of rotatable bonds is 4. The van der Waals surface area contributed by atoms with E-state index in [1.165, 1.54) is 0 Å². The first-order valence-corrected chi connectivity index (χ1v) is 5.29. The molecule has 0 aliphatic rings. The van der Waals surface area contributed by atoms with Crippen LogP contribution in [0, 0.1) is 5.92 Å². The first kappa shape index (κ1) is 13.2. The fourth-order valence-electron chi connectivity index (χ4n) is 1.33.